The van der Waals surface area contributed by atoms with Crippen LogP contribution in [0.15, 0.2) is 47.1 Å². The molecule has 146 valence electrons. The molecule has 1 unspecified atom stereocenters. The number of rotatable bonds is 2. The van der Waals surface area contributed by atoms with E-state index in [4.69, 9.17) is 0 Å². The Balaban J connectivity index is 2.04. The van der Waals surface area contributed by atoms with E-state index >= 15 is 0 Å². The Hall–Kier alpha value is -3.58. The van der Waals surface area contributed by atoms with Crippen LogP contribution in [0.5, 0.6) is 34.5 Å². The molecule has 0 aromatic heterocycles. The minimum atomic E-state index is -1.07. The molecule has 7 nitrogen and oxygen atoms in total. The highest BCUT2D eigenvalue weighted by Crippen LogP contribution is 2.41. The van der Waals surface area contributed by atoms with Gasteiger partial charge in [0.25, 0.3) is 0 Å². The zero-order valence-electron chi connectivity index (χ0n) is 15.0. The number of aromatic hydroxyl groups is 6. The van der Waals surface area contributed by atoms with Crippen molar-refractivity contribution in [1.29, 1.82) is 0 Å². The third-order valence-electron chi connectivity index (χ3n) is 4.55. The number of allylic oxidation sites excluding steroid dienone is 1. The third-order valence-corrected chi connectivity index (χ3v) is 4.55. The first kappa shape index (κ1) is 19.2. The van der Waals surface area contributed by atoms with Crippen molar-refractivity contribution in [2.75, 3.05) is 0 Å². The van der Waals surface area contributed by atoms with Gasteiger partial charge in [-0.1, -0.05) is 11.6 Å². The van der Waals surface area contributed by atoms with Crippen LogP contribution in [0.3, 0.4) is 0 Å². The van der Waals surface area contributed by atoms with Gasteiger partial charge in [0.05, 0.1) is 0 Å². The number of aliphatic hydroxyl groups is 1. The highest BCUT2D eigenvalue weighted by molar-refractivity contribution is 5.72. The van der Waals surface area contributed by atoms with Crippen molar-refractivity contribution < 1.29 is 35.7 Å². The first-order valence-corrected chi connectivity index (χ1v) is 8.44. The quantitative estimate of drug-likeness (QED) is 0.394. The summed E-state index contributed by atoms with van der Waals surface area (Å²) in [5, 5.41) is 69.0. The molecule has 1 aliphatic carbocycles. The SMILES string of the molecule is CC1=C/C(=C\c2ccc(O)c(O)c2O)C(O)/C(=C\c2ccc(O)c(O)c2O)C1. The summed E-state index contributed by atoms with van der Waals surface area (Å²) in [6.45, 7) is 1.84. The summed E-state index contributed by atoms with van der Waals surface area (Å²) in [5.74, 6) is -3.23. The number of phenolic OH excluding ortho intramolecular Hbond substituents is 6. The maximum atomic E-state index is 10.7. The van der Waals surface area contributed by atoms with E-state index in [1.807, 2.05) is 6.92 Å². The van der Waals surface area contributed by atoms with Gasteiger partial charge in [-0.3, -0.25) is 0 Å². The van der Waals surface area contributed by atoms with Gasteiger partial charge in [-0.05, 0) is 60.9 Å². The second-order valence-corrected chi connectivity index (χ2v) is 6.68. The first-order chi connectivity index (χ1) is 13.2. The van der Waals surface area contributed by atoms with Crippen LogP contribution in [-0.4, -0.2) is 41.8 Å². The van der Waals surface area contributed by atoms with Gasteiger partial charge in [-0.15, -0.1) is 0 Å². The second kappa shape index (κ2) is 7.21. The lowest BCUT2D eigenvalue weighted by Gasteiger charge is -2.23. The number of hydrogen-bond donors (Lipinski definition) is 7. The monoisotopic (exact) mass is 384 g/mol. The summed E-state index contributed by atoms with van der Waals surface area (Å²) in [5.41, 5.74) is 2.28. The molecule has 7 N–H and O–H groups in total. The molecule has 0 saturated carbocycles. The standard InChI is InChI=1S/C21H20O7/c1-10-6-13(8-11-2-4-15(22)20(27)18(11)25)17(24)14(7-10)9-12-3-5-16(23)21(28)19(12)26/h2-6,8-9,17,22-28H,7H2,1H3/b13-8+,14-9-. The molecule has 0 fully saturated rings. The lowest BCUT2D eigenvalue weighted by atomic mass is 9.86. The largest absolute Gasteiger partial charge is 0.504 e. The van der Waals surface area contributed by atoms with Gasteiger partial charge in [-0.25, -0.2) is 0 Å². The van der Waals surface area contributed by atoms with Crippen LogP contribution in [0.25, 0.3) is 12.2 Å². The van der Waals surface area contributed by atoms with Crippen molar-refractivity contribution in [3.05, 3.63) is 58.2 Å². The number of hydrogen-bond acceptors (Lipinski definition) is 7. The minimum Gasteiger partial charge on any atom is -0.504 e. The molecule has 7 heteroatoms. The van der Waals surface area contributed by atoms with Gasteiger partial charge >= 0.3 is 0 Å². The number of aliphatic hydroxyl groups excluding tert-OH is 1. The molecule has 0 aliphatic heterocycles. The van der Waals surface area contributed by atoms with Crippen molar-refractivity contribution in [3.63, 3.8) is 0 Å². The van der Waals surface area contributed by atoms with Crippen LogP contribution in [0.1, 0.15) is 24.5 Å². The molecule has 0 spiro atoms. The molecule has 0 amide bonds. The average Bonchev–Trinajstić information content (AvgIpc) is 2.66. The zero-order valence-corrected chi connectivity index (χ0v) is 15.0. The fourth-order valence-corrected chi connectivity index (χ4v) is 3.08. The fraction of sp³-hybridized carbons (Fsp3) is 0.143. The Kier molecular flexibility index (Phi) is 4.94. The Bertz CT molecular complexity index is 1030. The Labute approximate surface area is 160 Å². The van der Waals surface area contributed by atoms with Crippen LogP contribution in [0, 0.1) is 0 Å². The Morgan fingerprint density at radius 3 is 1.79 bits per heavy atom. The molecule has 0 saturated heterocycles. The van der Waals surface area contributed by atoms with E-state index in [2.05, 4.69) is 0 Å². The van der Waals surface area contributed by atoms with Crippen molar-refractivity contribution in [2.24, 2.45) is 0 Å². The highest BCUT2D eigenvalue weighted by atomic mass is 16.3. The van der Waals surface area contributed by atoms with Crippen LogP contribution in [0.4, 0.5) is 0 Å². The van der Waals surface area contributed by atoms with Crippen LogP contribution in [0.2, 0.25) is 0 Å². The molecular formula is C21H20O7. The third kappa shape index (κ3) is 3.47. The molecule has 28 heavy (non-hydrogen) atoms. The van der Waals surface area contributed by atoms with E-state index in [1.165, 1.54) is 36.4 Å². The first-order valence-electron chi connectivity index (χ1n) is 8.44. The topological polar surface area (TPSA) is 142 Å². The van der Waals surface area contributed by atoms with Crippen molar-refractivity contribution in [2.45, 2.75) is 19.4 Å². The molecule has 1 aliphatic rings. The van der Waals surface area contributed by atoms with Gasteiger partial charge in [0.1, 0.15) is 6.10 Å². The molecular weight excluding hydrogens is 364 g/mol. The fourth-order valence-electron chi connectivity index (χ4n) is 3.08. The van der Waals surface area contributed by atoms with Gasteiger partial charge < -0.3 is 35.7 Å². The van der Waals surface area contributed by atoms with E-state index < -0.39 is 40.6 Å². The average molecular weight is 384 g/mol. The predicted molar refractivity (Wildman–Crippen MR) is 103 cm³/mol. The van der Waals surface area contributed by atoms with Crippen molar-refractivity contribution in [1.82, 2.24) is 0 Å². The van der Waals surface area contributed by atoms with Crippen molar-refractivity contribution in [3.8, 4) is 34.5 Å². The maximum absolute atomic E-state index is 10.7. The molecule has 0 radical (unpaired) electrons. The smallest absolute Gasteiger partial charge is 0.200 e. The highest BCUT2D eigenvalue weighted by Gasteiger charge is 2.22. The summed E-state index contributed by atoms with van der Waals surface area (Å²) in [7, 11) is 0. The van der Waals surface area contributed by atoms with Gasteiger partial charge in [0, 0.05) is 11.1 Å². The number of phenols is 6. The lowest BCUT2D eigenvalue weighted by molar-refractivity contribution is 0.247. The molecule has 2 aromatic carbocycles. The molecule has 1 atom stereocenters. The molecule has 3 rings (SSSR count). The number of benzene rings is 2. The molecule has 2 aromatic rings. The van der Waals surface area contributed by atoms with Gasteiger partial charge in [0.15, 0.2) is 23.0 Å². The van der Waals surface area contributed by atoms with Gasteiger partial charge in [0.2, 0.25) is 11.5 Å². The summed E-state index contributed by atoms with van der Waals surface area (Å²) in [4.78, 5) is 0. The molecule has 0 heterocycles. The van der Waals surface area contributed by atoms with E-state index in [9.17, 15) is 35.7 Å². The van der Waals surface area contributed by atoms with E-state index in [0.29, 0.717) is 17.6 Å². The lowest BCUT2D eigenvalue weighted by Crippen LogP contribution is -2.17. The normalized spacial score (nSPS) is 19.8. The summed E-state index contributed by atoms with van der Waals surface area (Å²) >= 11 is 0. The molecule has 0 bridgehead atoms. The Morgan fingerprint density at radius 2 is 1.25 bits per heavy atom. The van der Waals surface area contributed by atoms with Crippen molar-refractivity contribution >= 4 is 12.2 Å². The van der Waals surface area contributed by atoms with E-state index in [-0.39, 0.29) is 11.1 Å². The summed E-state index contributed by atoms with van der Waals surface area (Å²) in [6, 6.07) is 5.26. The second-order valence-electron chi connectivity index (χ2n) is 6.68. The predicted octanol–water partition coefficient (Wildman–Crippen LogP) is 3.10. The van der Waals surface area contributed by atoms with Crippen LogP contribution < -0.4 is 0 Å². The summed E-state index contributed by atoms with van der Waals surface area (Å²) < 4.78 is 0. The summed E-state index contributed by atoms with van der Waals surface area (Å²) in [6.07, 6.45) is 4.06. The van der Waals surface area contributed by atoms with Crippen LogP contribution >= 0.6 is 0 Å². The minimum absolute atomic E-state index is 0.208. The van der Waals surface area contributed by atoms with Crippen LogP contribution in [-0.2, 0) is 0 Å². The Morgan fingerprint density at radius 1 is 0.750 bits per heavy atom. The van der Waals surface area contributed by atoms with E-state index in [1.54, 1.807) is 6.08 Å². The zero-order chi connectivity index (χ0) is 20.6. The van der Waals surface area contributed by atoms with E-state index in [0.717, 1.165) is 5.57 Å². The van der Waals surface area contributed by atoms with Gasteiger partial charge in [-0.2, -0.15) is 0 Å². The maximum Gasteiger partial charge on any atom is 0.200 e.